The molecule has 6 atom stereocenters. The zero-order valence-electron chi connectivity index (χ0n) is 67.8. The van der Waals surface area contributed by atoms with Gasteiger partial charge in [0.15, 0.2) is 12.2 Å². The normalized spacial score (nSPS) is 11.4. The van der Waals surface area contributed by atoms with E-state index in [4.69, 9.17) is 39.9 Å². The number of ether oxygens (including phenoxy) is 6. The molecule has 8 amide bonds. The Kier molecular flexibility index (Phi) is 67.3. The summed E-state index contributed by atoms with van der Waals surface area (Å²) in [5.41, 5.74) is 11.8. The number of aliphatic hydroxyl groups excluding tert-OH is 3. The van der Waals surface area contributed by atoms with Crippen LogP contribution in [0, 0.1) is 0 Å². The number of carbonyl (C=O) groups excluding carboxylic acids is 14. The number of nitrogens with one attached hydrogen (secondary N) is 6. The largest absolute Gasteiger partial charge is 1.00 e. The first-order valence-electron chi connectivity index (χ1n) is 37.1. The Hall–Kier alpha value is -11.0. The van der Waals surface area contributed by atoms with E-state index in [-0.39, 0.29) is 158 Å². The van der Waals surface area contributed by atoms with Crippen molar-refractivity contribution in [3.8, 4) is 0 Å². The van der Waals surface area contributed by atoms with E-state index >= 15 is 0 Å². The van der Waals surface area contributed by atoms with Crippen molar-refractivity contribution in [2.45, 2.75) is 196 Å². The molecule has 0 heterocycles. The van der Waals surface area contributed by atoms with Gasteiger partial charge in [-0.2, -0.15) is 0 Å². The molecule has 642 valence electrons. The Morgan fingerprint density at radius 2 is 0.701 bits per heavy atom. The number of aliphatic hydroxyl groups is 3. The van der Waals surface area contributed by atoms with Crippen molar-refractivity contribution in [3.63, 3.8) is 0 Å². The molecule has 0 spiro atoms. The molecule has 37 heteroatoms. The second-order valence-corrected chi connectivity index (χ2v) is 23.9. The quantitative estimate of drug-likeness (QED) is 0.00659. The van der Waals surface area contributed by atoms with Crippen molar-refractivity contribution in [1.29, 1.82) is 0 Å². The molecule has 0 saturated carbocycles. The molecule has 12 N–H and O–H groups in total. The Morgan fingerprint density at radius 3 is 1.05 bits per heavy atom. The minimum absolute atomic E-state index is 0. The van der Waals surface area contributed by atoms with Crippen LogP contribution in [-0.4, -0.2) is 192 Å². The van der Waals surface area contributed by atoms with Gasteiger partial charge in [-0.25, -0.2) is 15.6 Å². The second kappa shape index (κ2) is 71.5. The van der Waals surface area contributed by atoms with Crippen LogP contribution in [0.1, 0.15) is 154 Å². The van der Waals surface area contributed by atoms with E-state index in [1.165, 1.54) is 30.9 Å². The zero-order chi connectivity index (χ0) is 85.8. The average molecular weight is 1640 g/mol. The molecule has 0 bridgehead atoms. The van der Waals surface area contributed by atoms with Crippen LogP contribution in [0.25, 0.3) is 0 Å². The third-order valence-corrected chi connectivity index (χ3v) is 14.6. The van der Waals surface area contributed by atoms with Gasteiger partial charge in [-0.1, -0.05) is 186 Å². The number of nitrogens with zero attached hydrogens (tertiary/aromatic N) is 2. The summed E-state index contributed by atoms with van der Waals surface area (Å²) in [6.07, 6.45) is -3.36. The van der Waals surface area contributed by atoms with Gasteiger partial charge >= 0.3 is 36.8 Å². The van der Waals surface area contributed by atoms with Gasteiger partial charge in [0.1, 0.15) is 19.3 Å². The van der Waals surface area contributed by atoms with Gasteiger partial charge in [0, 0.05) is 118 Å². The van der Waals surface area contributed by atoms with Crippen molar-refractivity contribution in [1.82, 2.24) is 42.2 Å². The van der Waals surface area contributed by atoms with Crippen molar-refractivity contribution >= 4 is 84.6 Å². The third-order valence-electron chi connectivity index (χ3n) is 14.6. The smallest absolute Gasteiger partial charge is 0.870 e. The van der Waals surface area contributed by atoms with E-state index in [9.17, 15) is 72.2 Å². The number of nitrogens with two attached hydrogens (primary N) is 1. The predicted octanol–water partition coefficient (Wildman–Crippen LogP) is 1.51. The van der Waals surface area contributed by atoms with Gasteiger partial charge in [0.25, 0.3) is 37.1 Å². The Morgan fingerprint density at radius 1 is 0.393 bits per heavy atom. The van der Waals surface area contributed by atoms with Gasteiger partial charge in [0.2, 0.25) is 48.4 Å². The van der Waals surface area contributed by atoms with Crippen LogP contribution < -0.4 is 56.7 Å². The van der Waals surface area contributed by atoms with Crippen molar-refractivity contribution < 1.29 is 150 Å². The monoisotopic (exact) mass is 1640 g/mol. The topological polar surface area (TPSA) is 517 Å². The number of hydroxylamine groups is 5. The van der Waals surface area contributed by atoms with Gasteiger partial charge < -0.3 is 81.5 Å². The summed E-state index contributed by atoms with van der Waals surface area (Å²) in [5.74, 6) is -3.83. The SMILES string of the molecule is CCC(=O)NCC[C@@H](OC=O)OC(C)=O.CCC(=O)NCC[C@H](O)C(=O)N(Cc1ccccc1)OCc1ccccc1.CCC(=O)NCC[C@H](O)OC=O.CCC(=O)NCC[C@H](OC(C)=O)C(=O)N(Cc1ccccc1)OCc1ccccc1.CCC(=O)NCC[C@H](OC(C)=O)C(=O)NOCc1ccccc1.NCC[C@H](O)OC=O.[Li+].[OH-]. The Bertz CT molecular complexity index is 3550. The molecular formula is C80H114LiN9O27. The second-order valence-electron chi connectivity index (χ2n) is 23.9. The Labute approximate surface area is 693 Å². The Balaban J connectivity index is -0.00000139. The summed E-state index contributed by atoms with van der Waals surface area (Å²) in [4.78, 5) is 172. The molecule has 0 aliphatic rings. The summed E-state index contributed by atoms with van der Waals surface area (Å²) in [5, 5.41) is 43.0. The maximum Gasteiger partial charge on any atom is 1.00 e. The number of esters is 3. The molecular weight excluding hydrogens is 1530 g/mol. The van der Waals surface area contributed by atoms with Crippen LogP contribution in [-0.2, 0) is 143 Å². The number of hydrogen-bond acceptors (Lipinski definition) is 28. The van der Waals surface area contributed by atoms with E-state index in [1.807, 2.05) is 152 Å². The molecule has 5 aromatic carbocycles. The number of benzene rings is 5. The summed E-state index contributed by atoms with van der Waals surface area (Å²) < 4.78 is 27.6. The summed E-state index contributed by atoms with van der Waals surface area (Å²) in [7, 11) is 0. The van der Waals surface area contributed by atoms with Crippen LogP contribution in [0.2, 0.25) is 0 Å². The number of hydrogen-bond donors (Lipinski definition) is 10. The van der Waals surface area contributed by atoms with E-state index in [2.05, 4.69) is 51.0 Å². The molecule has 0 aliphatic heterocycles. The van der Waals surface area contributed by atoms with Crippen LogP contribution in [0.3, 0.4) is 0 Å². The molecule has 5 rings (SSSR count). The molecule has 36 nitrogen and oxygen atoms in total. The molecule has 117 heavy (non-hydrogen) atoms. The molecule has 0 fully saturated rings. The van der Waals surface area contributed by atoms with Crippen molar-refractivity contribution in [2.24, 2.45) is 5.73 Å². The summed E-state index contributed by atoms with van der Waals surface area (Å²) >= 11 is 0. The van der Waals surface area contributed by atoms with Gasteiger partial charge in [-0.15, -0.1) is 0 Å². The van der Waals surface area contributed by atoms with Crippen LogP contribution in [0.5, 0.6) is 0 Å². The van der Waals surface area contributed by atoms with E-state index < -0.39 is 72.8 Å². The average Bonchev–Trinajstić information content (AvgIpc) is 0.873. The van der Waals surface area contributed by atoms with E-state index in [0.29, 0.717) is 58.2 Å². The fourth-order valence-electron chi connectivity index (χ4n) is 8.62. The molecule has 0 aromatic heterocycles. The summed E-state index contributed by atoms with van der Waals surface area (Å²) in [6.45, 7) is 15.6. The fraction of sp³-hybridized carbons (Fsp3) is 0.450. The van der Waals surface area contributed by atoms with Gasteiger partial charge in [-0.05, 0) is 40.8 Å². The van der Waals surface area contributed by atoms with Gasteiger partial charge in [-0.3, -0.25) is 81.6 Å². The molecule has 0 unspecified atom stereocenters. The number of carbonyl (C=O) groups is 14. The minimum Gasteiger partial charge on any atom is -0.870 e. The summed E-state index contributed by atoms with van der Waals surface area (Å²) in [6, 6.07) is 47.1. The first kappa shape index (κ1) is 110. The van der Waals surface area contributed by atoms with E-state index in [0.717, 1.165) is 27.8 Å². The molecule has 5 aromatic rings. The fourth-order valence-corrected chi connectivity index (χ4v) is 8.62. The van der Waals surface area contributed by atoms with Crippen molar-refractivity contribution in [2.75, 3.05) is 39.3 Å². The van der Waals surface area contributed by atoms with Crippen LogP contribution in [0.15, 0.2) is 152 Å². The standard InChI is InChI=1S/C23H28N2O5.C21H26N2O4.C16H22N2O5.C9H15NO5.C7H13NO4.C4H9NO3.Li.H2O/c1-3-22(27)24-15-14-21(30-18(2)26)23(28)25(16-19-10-6-4-7-11-19)29-17-20-12-8-5-9-13-20;1-2-20(25)22-14-13-19(24)21(26)23(15-17-9-5-3-6-10-17)27-16-18-11-7-4-8-12-18;1-3-15(20)17-10-9-14(23-12(2)19)16(21)18-22-11-13-7-5-4-6-8-13;1-3-8(13)10-5-4-9(14-6-11)15-7(2)12;1-2-6(10)8-4-3-7(11)12-5-9;5-2-1-4(7)8-3-6;;/h4-13,21H,3,14-17H2,1-2H3,(H,24,27);3-12,19,24H,2,13-16H2,1H3,(H,22,25);4-8,14H,3,9-11H2,1-2H3,(H,17,20)(H,18,21);6,9H,3-5H2,1-2H3,(H,10,13);5,7,11H,2-4H2,1H3,(H,8,10);3-4,7H,1-2,5H2;;1H2/q;;;;;;+1;/p-1/t21-;19-;14-;9-;7-;4-;;/m000011../s1. The first-order valence-corrected chi connectivity index (χ1v) is 37.1. The third kappa shape index (κ3) is 59.3. The number of rotatable bonds is 47. The molecule has 0 saturated heterocycles. The van der Waals surface area contributed by atoms with Crippen LogP contribution in [0.4, 0.5) is 0 Å². The maximum absolute atomic E-state index is 13.2. The maximum atomic E-state index is 13.2. The number of amides is 8. The predicted molar refractivity (Wildman–Crippen MR) is 417 cm³/mol. The van der Waals surface area contributed by atoms with Gasteiger partial charge in [0.05, 0.1) is 19.7 Å². The van der Waals surface area contributed by atoms with Crippen LogP contribution >= 0.6 is 0 Å². The van der Waals surface area contributed by atoms with E-state index in [1.54, 1.807) is 34.6 Å². The van der Waals surface area contributed by atoms with Crippen molar-refractivity contribution in [3.05, 3.63) is 179 Å². The minimum atomic E-state index is -1.25. The zero-order valence-corrected chi connectivity index (χ0v) is 67.8. The first-order chi connectivity index (χ1) is 55.2. The molecule has 0 aliphatic carbocycles. The molecule has 0 radical (unpaired) electrons.